The van der Waals surface area contributed by atoms with Gasteiger partial charge in [-0.15, -0.1) is 11.3 Å². The lowest BCUT2D eigenvalue weighted by molar-refractivity contribution is 0.260. The fraction of sp³-hybridized carbons (Fsp3) is 0.478. The number of aromatic nitrogens is 2. The van der Waals surface area contributed by atoms with Gasteiger partial charge in [-0.2, -0.15) is 0 Å². The zero-order chi connectivity index (χ0) is 18.9. The average molecular weight is 393 g/mol. The topological polar surface area (TPSA) is 32.3 Å². The third kappa shape index (κ3) is 3.53. The van der Waals surface area contributed by atoms with Gasteiger partial charge >= 0.3 is 0 Å². The first kappa shape index (κ1) is 18.1. The summed E-state index contributed by atoms with van der Waals surface area (Å²) in [6, 6.07) is 10.8. The molecule has 5 rings (SSSR count). The van der Waals surface area contributed by atoms with Crippen LogP contribution in [0, 0.1) is 5.92 Å². The predicted molar refractivity (Wildman–Crippen MR) is 117 cm³/mol. The lowest BCUT2D eigenvalue weighted by Gasteiger charge is -2.35. The molecule has 28 heavy (non-hydrogen) atoms. The van der Waals surface area contributed by atoms with Crippen LogP contribution in [0.4, 0.5) is 5.82 Å². The van der Waals surface area contributed by atoms with Crippen molar-refractivity contribution in [2.75, 3.05) is 37.6 Å². The molecule has 0 radical (unpaired) electrons. The van der Waals surface area contributed by atoms with Crippen LogP contribution >= 0.6 is 11.3 Å². The maximum atomic E-state index is 4.76. The lowest BCUT2D eigenvalue weighted by Crippen LogP contribution is -2.47. The third-order valence-corrected chi connectivity index (χ3v) is 7.50. The van der Waals surface area contributed by atoms with Crippen molar-refractivity contribution < 1.29 is 0 Å². The Balaban J connectivity index is 1.30. The van der Waals surface area contributed by atoms with Crippen molar-refractivity contribution in [3.8, 4) is 0 Å². The number of anilines is 1. The van der Waals surface area contributed by atoms with Gasteiger partial charge in [0.05, 0.1) is 5.39 Å². The zero-order valence-corrected chi connectivity index (χ0v) is 17.4. The van der Waals surface area contributed by atoms with E-state index in [-0.39, 0.29) is 0 Å². The zero-order valence-electron chi connectivity index (χ0n) is 16.6. The van der Waals surface area contributed by atoms with Crippen LogP contribution in [-0.4, -0.2) is 47.6 Å². The third-order valence-electron chi connectivity index (χ3n) is 6.30. The van der Waals surface area contributed by atoms with Crippen LogP contribution in [0.15, 0.2) is 36.7 Å². The SMILES string of the molecule is C[C@@H]1CCc2sc3ncnc(N4CCN(CCc5ccccc5)CC4)c3c2C1. The summed E-state index contributed by atoms with van der Waals surface area (Å²) < 4.78 is 0. The Labute approximate surface area is 171 Å². The number of aryl methyl sites for hydroxylation is 1. The number of hydrogen-bond acceptors (Lipinski definition) is 5. The van der Waals surface area contributed by atoms with E-state index in [2.05, 4.69) is 52.0 Å². The van der Waals surface area contributed by atoms with Gasteiger partial charge in [0, 0.05) is 37.6 Å². The van der Waals surface area contributed by atoms with Crippen LogP contribution in [0.3, 0.4) is 0 Å². The monoisotopic (exact) mass is 392 g/mol. The van der Waals surface area contributed by atoms with Crippen LogP contribution in [0.5, 0.6) is 0 Å². The molecular weight excluding hydrogens is 364 g/mol. The molecule has 2 aromatic heterocycles. The van der Waals surface area contributed by atoms with Gasteiger partial charge in [-0.05, 0) is 42.7 Å². The van der Waals surface area contributed by atoms with Crippen molar-refractivity contribution in [3.63, 3.8) is 0 Å². The standard InChI is InChI=1S/C23H28N4S/c1-17-7-8-20-19(15-17)21-22(24-16-25-23(21)28-20)27-13-11-26(12-14-27)10-9-18-5-3-2-4-6-18/h2-6,16-17H,7-15H2,1H3/t17-/m1/s1. The average Bonchev–Trinajstić information content (AvgIpc) is 3.11. The summed E-state index contributed by atoms with van der Waals surface area (Å²) in [6.45, 7) is 7.86. The van der Waals surface area contributed by atoms with Crippen molar-refractivity contribution >= 4 is 27.4 Å². The normalized spacial score (nSPS) is 20.5. The van der Waals surface area contributed by atoms with E-state index in [0.717, 1.165) is 45.1 Å². The molecule has 1 aliphatic heterocycles. The number of hydrogen-bond donors (Lipinski definition) is 0. The molecular formula is C23H28N4S. The van der Waals surface area contributed by atoms with Crippen LogP contribution in [0.25, 0.3) is 10.2 Å². The quantitative estimate of drug-likeness (QED) is 0.667. The maximum Gasteiger partial charge on any atom is 0.141 e. The van der Waals surface area contributed by atoms with E-state index in [0.29, 0.717) is 0 Å². The van der Waals surface area contributed by atoms with Crippen LogP contribution in [0.1, 0.15) is 29.3 Å². The van der Waals surface area contributed by atoms with Crippen molar-refractivity contribution in [3.05, 3.63) is 52.7 Å². The van der Waals surface area contributed by atoms with E-state index in [1.54, 1.807) is 16.8 Å². The van der Waals surface area contributed by atoms with Gasteiger partial charge in [0.25, 0.3) is 0 Å². The molecule has 1 saturated heterocycles. The van der Waals surface area contributed by atoms with Crippen molar-refractivity contribution in [2.24, 2.45) is 5.92 Å². The first-order chi connectivity index (χ1) is 13.8. The lowest BCUT2D eigenvalue weighted by atomic mass is 9.88. The van der Waals surface area contributed by atoms with Gasteiger partial charge in [0.2, 0.25) is 0 Å². The number of rotatable bonds is 4. The summed E-state index contributed by atoms with van der Waals surface area (Å²) in [4.78, 5) is 17.2. The summed E-state index contributed by atoms with van der Waals surface area (Å²) in [7, 11) is 0. The minimum atomic E-state index is 0.771. The minimum Gasteiger partial charge on any atom is -0.353 e. The van der Waals surface area contributed by atoms with Crippen molar-refractivity contribution in [1.82, 2.24) is 14.9 Å². The number of thiophene rings is 1. The predicted octanol–water partition coefficient (Wildman–Crippen LogP) is 4.18. The minimum absolute atomic E-state index is 0.771. The smallest absolute Gasteiger partial charge is 0.141 e. The van der Waals surface area contributed by atoms with E-state index in [4.69, 9.17) is 4.98 Å². The Kier molecular flexibility index (Phi) is 5.03. The molecule has 3 aromatic rings. The van der Waals surface area contributed by atoms with Crippen LogP contribution < -0.4 is 4.90 Å². The molecule has 1 atom stereocenters. The van der Waals surface area contributed by atoms with Gasteiger partial charge in [0.15, 0.2) is 0 Å². The van der Waals surface area contributed by atoms with Crippen molar-refractivity contribution in [2.45, 2.75) is 32.6 Å². The van der Waals surface area contributed by atoms with Crippen molar-refractivity contribution in [1.29, 1.82) is 0 Å². The summed E-state index contributed by atoms with van der Waals surface area (Å²) in [5.74, 6) is 1.95. The Morgan fingerprint density at radius 2 is 1.89 bits per heavy atom. The summed E-state index contributed by atoms with van der Waals surface area (Å²) in [6.07, 6.45) is 6.61. The first-order valence-electron chi connectivity index (χ1n) is 10.5. The molecule has 4 nitrogen and oxygen atoms in total. The molecule has 0 amide bonds. The van der Waals surface area contributed by atoms with E-state index in [1.165, 1.54) is 40.9 Å². The van der Waals surface area contributed by atoms with E-state index < -0.39 is 0 Å². The van der Waals surface area contributed by atoms with E-state index in [1.807, 2.05) is 11.3 Å². The van der Waals surface area contributed by atoms with Gasteiger partial charge in [-0.1, -0.05) is 37.3 Å². The Bertz CT molecular complexity index is 944. The van der Waals surface area contributed by atoms with E-state index >= 15 is 0 Å². The van der Waals surface area contributed by atoms with Gasteiger partial charge in [-0.3, -0.25) is 4.90 Å². The number of fused-ring (bicyclic) bond motifs is 3. The molecule has 5 heteroatoms. The fourth-order valence-corrected chi connectivity index (χ4v) is 5.80. The maximum absolute atomic E-state index is 4.76. The largest absolute Gasteiger partial charge is 0.353 e. The molecule has 0 bridgehead atoms. The van der Waals surface area contributed by atoms with Crippen LogP contribution in [-0.2, 0) is 19.3 Å². The summed E-state index contributed by atoms with van der Waals surface area (Å²) in [5.41, 5.74) is 2.97. The molecule has 1 aromatic carbocycles. The molecule has 1 aliphatic carbocycles. The Morgan fingerprint density at radius 3 is 2.71 bits per heavy atom. The second kappa shape index (κ2) is 7.80. The van der Waals surface area contributed by atoms with Gasteiger partial charge in [-0.25, -0.2) is 9.97 Å². The van der Waals surface area contributed by atoms with Gasteiger partial charge in [0.1, 0.15) is 17.0 Å². The molecule has 0 N–H and O–H groups in total. The molecule has 1 fully saturated rings. The Hall–Kier alpha value is -1.98. The summed E-state index contributed by atoms with van der Waals surface area (Å²) >= 11 is 1.90. The number of nitrogens with zero attached hydrogens (tertiary/aromatic N) is 4. The molecule has 0 saturated carbocycles. The molecule has 0 spiro atoms. The summed E-state index contributed by atoms with van der Waals surface area (Å²) in [5, 5.41) is 1.35. The number of piperazine rings is 1. The first-order valence-corrected chi connectivity index (χ1v) is 11.4. The molecule has 146 valence electrons. The number of benzene rings is 1. The second-order valence-electron chi connectivity index (χ2n) is 8.29. The highest BCUT2D eigenvalue weighted by atomic mass is 32.1. The van der Waals surface area contributed by atoms with Gasteiger partial charge < -0.3 is 4.90 Å². The second-order valence-corrected chi connectivity index (χ2v) is 9.38. The fourth-order valence-electron chi connectivity index (χ4n) is 4.62. The highest BCUT2D eigenvalue weighted by Crippen LogP contribution is 2.40. The Morgan fingerprint density at radius 1 is 1.07 bits per heavy atom. The molecule has 0 unspecified atom stereocenters. The highest BCUT2D eigenvalue weighted by Gasteiger charge is 2.26. The van der Waals surface area contributed by atoms with Crippen LogP contribution in [0.2, 0.25) is 0 Å². The van der Waals surface area contributed by atoms with E-state index in [9.17, 15) is 0 Å². The molecule has 3 heterocycles. The molecule has 2 aliphatic rings. The highest BCUT2D eigenvalue weighted by molar-refractivity contribution is 7.19.